The minimum atomic E-state index is -0.672. The summed E-state index contributed by atoms with van der Waals surface area (Å²) < 4.78 is 5.36. The second-order valence-electron chi connectivity index (χ2n) is 3.82. The Morgan fingerprint density at radius 2 is 2.22 bits per heavy atom. The van der Waals surface area contributed by atoms with E-state index in [1.54, 1.807) is 24.3 Å². The lowest BCUT2D eigenvalue weighted by Gasteiger charge is -2.13. The normalized spacial score (nSPS) is 12.1. The van der Waals surface area contributed by atoms with E-state index in [0.717, 1.165) is 0 Å². The molecule has 0 saturated heterocycles. The van der Waals surface area contributed by atoms with Gasteiger partial charge in [0.2, 0.25) is 5.91 Å². The summed E-state index contributed by atoms with van der Waals surface area (Å²) in [5.74, 6) is 0.166. The molecule has 1 amide bonds. The van der Waals surface area contributed by atoms with Crippen molar-refractivity contribution in [1.82, 2.24) is 5.32 Å². The van der Waals surface area contributed by atoms with Crippen LogP contribution in [0.25, 0.3) is 0 Å². The lowest BCUT2D eigenvalue weighted by atomic mass is 10.3. The fraction of sp³-hybridized carbons (Fsp3) is 0.417. The van der Waals surface area contributed by atoms with Gasteiger partial charge < -0.3 is 20.9 Å². The Hall–Kier alpha value is -1.30. The monoisotopic (exact) mass is 272 g/mol. The molecule has 1 rings (SSSR count). The molecule has 0 heterocycles. The van der Waals surface area contributed by atoms with Gasteiger partial charge in [0.05, 0.1) is 5.02 Å². The molecule has 0 spiro atoms. The van der Waals surface area contributed by atoms with Crippen molar-refractivity contribution in [3.05, 3.63) is 29.3 Å². The average molecular weight is 273 g/mol. The highest BCUT2D eigenvalue weighted by Gasteiger charge is 2.06. The summed E-state index contributed by atoms with van der Waals surface area (Å²) in [6.45, 7) is 0.906. The van der Waals surface area contributed by atoms with Gasteiger partial charge in [0.15, 0.2) is 0 Å². The zero-order chi connectivity index (χ0) is 13.4. The number of hydrogen-bond acceptors (Lipinski definition) is 4. The van der Waals surface area contributed by atoms with Crippen LogP contribution in [0.3, 0.4) is 0 Å². The molecule has 1 unspecified atom stereocenters. The number of primary amides is 1. The van der Waals surface area contributed by atoms with E-state index in [1.165, 1.54) is 0 Å². The van der Waals surface area contributed by atoms with Crippen molar-refractivity contribution in [3.8, 4) is 5.75 Å². The number of benzene rings is 1. The highest BCUT2D eigenvalue weighted by molar-refractivity contribution is 6.32. The van der Waals surface area contributed by atoms with Gasteiger partial charge in [0.1, 0.15) is 18.5 Å². The zero-order valence-electron chi connectivity index (χ0n) is 9.93. The van der Waals surface area contributed by atoms with Gasteiger partial charge in [-0.1, -0.05) is 23.7 Å². The molecule has 1 atom stereocenters. The van der Waals surface area contributed by atoms with Gasteiger partial charge in [-0.15, -0.1) is 0 Å². The molecular formula is C12H17ClN2O3. The molecular weight excluding hydrogens is 256 g/mol. The molecule has 1 aromatic carbocycles. The van der Waals surface area contributed by atoms with Crippen molar-refractivity contribution >= 4 is 17.5 Å². The molecule has 0 aliphatic carbocycles. The van der Waals surface area contributed by atoms with E-state index in [1.807, 2.05) is 0 Å². The number of aliphatic hydroxyl groups excluding tert-OH is 1. The van der Waals surface area contributed by atoms with Gasteiger partial charge in [-0.2, -0.15) is 0 Å². The first kappa shape index (κ1) is 14.8. The molecule has 0 aromatic heterocycles. The fourth-order valence-electron chi connectivity index (χ4n) is 1.29. The minimum Gasteiger partial charge on any atom is -0.489 e. The van der Waals surface area contributed by atoms with Gasteiger partial charge in [-0.25, -0.2) is 0 Å². The van der Waals surface area contributed by atoms with Crippen LogP contribution < -0.4 is 15.8 Å². The molecule has 18 heavy (non-hydrogen) atoms. The molecule has 0 bridgehead atoms. The number of aliphatic hydroxyl groups is 1. The first-order valence-electron chi connectivity index (χ1n) is 5.64. The highest BCUT2D eigenvalue weighted by atomic mass is 35.5. The highest BCUT2D eigenvalue weighted by Crippen LogP contribution is 2.22. The number of hydrogen-bond donors (Lipinski definition) is 3. The smallest absolute Gasteiger partial charge is 0.218 e. The van der Waals surface area contributed by atoms with Crippen molar-refractivity contribution in [1.29, 1.82) is 0 Å². The van der Waals surface area contributed by atoms with Gasteiger partial charge in [-0.05, 0) is 12.1 Å². The lowest BCUT2D eigenvalue weighted by Crippen LogP contribution is -2.33. The summed E-state index contributed by atoms with van der Waals surface area (Å²) in [4.78, 5) is 10.5. The van der Waals surface area contributed by atoms with Crippen molar-refractivity contribution in [2.45, 2.75) is 12.5 Å². The van der Waals surface area contributed by atoms with Crippen LogP contribution in [0.4, 0.5) is 0 Å². The zero-order valence-corrected chi connectivity index (χ0v) is 10.7. The third-order valence-corrected chi connectivity index (χ3v) is 2.51. The summed E-state index contributed by atoms with van der Waals surface area (Å²) in [5, 5.41) is 13.0. The Balaban J connectivity index is 2.19. The topological polar surface area (TPSA) is 84.6 Å². The molecule has 100 valence electrons. The summed E-state index contributed by atoms with van der Waals surface area (Å²) in [6, 6.07) is 7.06. The number of halogens is 1. The van der Waals surface area contributed by atoms with Crippen LogP contribution in [0.15, 0.2) is 24.3 Å². The third kappa shape index (κ3) is 5.86. The van der Waals surface area contributed by atoms with Crippen LogP contribution >= 0.6 is 11.6 Å². The van der Waals surface area contributed by atoms with Crippen molar-refractivity contribution in [2.24, 2.45) is 5.73 Å². The maximum Gasteiger partial charge on any atom is 0.218 e. The van der Waals surface area contributed by atoms with E-state index in [0.29, 0.717) is 23.9 Å². The van der Waals surface area contributed by atoms with Crippen LogP contribution in [0.1, 0.15) is 6.42 Å². The standard InChI is InChI=1S/C12H17ClN2O3/c13-10-3-1-2-4-11(10)18-8-9(16)7-15-6-5-12(14)17/h1-4,9,15-16H,5-8H2,(H2,14,17). The number of carbonyl (C=O) groups is 1. The van der Waals surface area contributed by atoms with Gasteiger partial charge in [-0.3, -0.25) is 4.79 Å². The molecule has 0 fully saturated rings. The predicted molar refractivity (Wildman–Crippen MR) is 69.6 cm³/mol. The van der Waals surface area contributed by atoms with E-state index < -0.39 is 6.10 Å². The number of rotatable bonds is 8. The number of ether oxygens (including phenoxy) is 1. The summed E-state index contributed by atoms with van der Waals surface area (Å²) in [7, 11) is 0. The summed E-state index contributed by atoms with van der Waals surface area (Å²) >= 11 is 5.90. The Kier molecular flexibility index (Phi) is 6.49. The number of amides is 1. The quantitative estimate of drug-likeness (QED) is 0.603. The second-order valence-corrected chi connectivity index (χ2v) is 4.22. The van der Waals surface area contributed by atoms with Crippen molar-refractivity contribution < 1.29 is 14.6 Å². The Bertz CT molecular complexity index is 387. The van der Waals surface area contributed by atoms with E-state index in [9.17, 15) is 9.90 Å². The average Bonchev–Trinajstić information content (AvgIpc) is 2.33. The van der Waals surface area contributed by atoms with Gasteiger partial charge >= 0.3 is 0 Å². The first-order valence-corrected chi connectivity index (χ1v) is 6.02. The second kappa shape index (κ2) is 7.92. The molecule has 0 radical (unpaired) electrons. The molecule has 4 N–H and O–H groups in total. The van der Waals surface area contributed by atoms with Crippen LogP contribution in [-0.4, -0.2) is 36.8 Å². The van der Waals surface area contributed by atoms with E-state index >= 15 is 0 Å². The summed E-state index contributed by atoms with van der Waals surface area (Å²) in [5.41, 5.74) is 4.98. The van der Waals surface area contributed by atoms with Crippen LogP contribution in [-0.2, 0) is 4.79 Å². The number of para-hydroxylation sites is 1. The number of carbonyl (C=O) groups excluding carboxylic acids is 1. The predicted octanol–water partition coefficient (Wildman–Crippen LogP) is 0.545. The number of nitrogens with one attached hydrogen (secondary N) is 1. The Morgan fingerprint density at radius 3 is 2.89 bits per heavy atom. The van der Waals surface area contributed by atoms with Crippen molar-refractivity contribution in [2.75, 3.05) is 19.7 Å². The Morgan fingerprint density at radius 1 is 1.50 bits per heavy atom. The molecule has 0 aliphatic rings. The maximum absolute atomic E-state index is 10.5. The van der Waals surface area contributed by atoms with Crippen LogP contribution in [0.2, 0.25) is 5.02 Å². The van der Waals surface area contributed by atoms with E-state index in [-0.39, 0.29) is 18.9 Å². The molecule has 0 saturated carbocycles. The number of nitrogens with two attached hydrogens (primary N) is 1. The SMILES string of the molecule is NC(=O)CCNCC(O)COc1ccccc1Cl. The largest absolute Gasteiger partial charge is 0.489 e. The molecule has 0 aliphatic heterocycles. The maximum atomic E-state index is 10.5. The van der Waals surface area contributed by atoms with E-state index in [2.05, 4.69) is 5.32 Å². The fourth-order valence-corrected chi connectivity index (χ4v) is 1.48. The van der Waals surface area contributed by atoms with Crippen LogP contribution in [0.5, 0.6) is 5.75 Å². The molecule has 6 heteroatoms. The summed E-state index contributed by atoms with van der Waals surface area (Å²) in [6.07, 6.45) is -0.424. The van der Waals surface area contributed by atoms with E-state index in [4.69, 9.17) is 22.1 Å². The third-order valence-electron chi connectivity index (χ3n) is 2.20. The molecule has 5 nitrogen and oxygen atoms in total. The first-order chi connectivity index (χ1) is 8.59. The Labute approximate surface area is 111 Å². The lowest BCUT2D eigenvalue weighted by molar-refractivity contribution is -0.117. The van der Waals surface area contributed by atoms with Gasteiger partial charge in [0.25, 0.3) is 0 Å². The minimum absolute atomic E-state index is 0.132. The van der Waals surface area contributed by atoms with Crippen LogP contribution in [0, 0.1) is 0 Å². The molecule has 1 aromatic rings. The van der Waals surface area contributed by atoms with Crippen molar-refractivity contribution in [3.63, 3.8) is 0 Å². The van der Waals surface area contributed by atoms with Gasteiger partial charge in [0, 0.05) is 19.5 Å².